The molecule has 0 atom stereocenters. The van der Waals surface area contributed by atoms with Crippen LogP contribution in [0.2, 0.25) is 0 Å². The summed E-state index contributed by atoms with van der Waals surface area (Å²) < 4.78 is 26.1. The van der Waals surface area contributed by atoms with Crippen LogP contribution in [-0.4, -0.2) is 27.4 Å². The summed E-state index contributed by atoms with van der Waals surface area (Å²) in [5.74, 6) is -0.275. The molecule has 0 aliphatic carbocycles. The number of rotatable bonds is 7. The van der Waals surface area contributed by atoms with Crippen LogP contribution in [0.1, 0.15) is 23.7 Å². The van der Waals surface area contributed by atoms with Gasteiger partial charge in [0.1, 0.15) is 0 Å². The highest BCUT2D eigenvalue weighted by Gasteiger charge is 2.14. The van der Waals surface area contributed by atoms with Gasteiger partial charge in [0.2, 0.25) is 10.0 Å². The Hall–Kier alpha value is -1.66. The predicted molar refractivity (Wildman–Crippen MR) is 74.5 cm³/mol. The summed E-state index contributed by atoms with van der Waals surface area (Å²) in [7, 11) is -3.60. The molecule has 5 nitrogen and oxygen atoms in total. The first kappa shape index (κ1) is 15.4. The Morgan fingerprint density at radius 2 is 2.16 bits per heavy atom. The van der Waals surface area contributed by atoms with Crippen LogP contribution < -0.4 is 10.0 Å². The van der Waals surface area contributed by atoms with Gasteiger partial charge in [0.05, 0.1) is 4.90 Å². The molecule has 0 fully saturated rings. The second-order valence-electron chi connectivity index (χ2n) is 3.92. The molecular formula is C13H18N2O3S. The first-order valence-corrected chi connectivity index (χ1v) is 7.48. The van der Waals surface area contributed by atoms with Crippen molar-refractivity contribution >= 4 is 15.9 Å². The number of nitrogens with one attached hydrogen (secondary N) is 2. The van der Waals surface area contributed by atoms with Crippen molar-refractivity contribution < 1.29 is 13.2 Å². The molecule has 104 valence electrons. The zero-order chi connectivity index (χ0) is 14.3. The molecule has 0 aliphatic heterocycles. The van der Waals surface area contributed by atoms with E-state index in [1.807, 2.05) is 6.92 Å². The third-order valence-electron chi connectivity index (χ3n) is 2.36. The van der Waals surface area contributed by atoms with Gasteiger partial charge in [-0.1, -0.05) is 19.1 Å². The van der Waals surface area contributed by atoms with E-state index < -0.39 is 10.0 Å². The molecule has 1 rings (SSSR count). The molecule has 1 amide bonds. The fourth-order valence-electron chi connectivity index (χ4n) is 1.40. The van der Waals surface area contributed by atoms with E-state index in [-0.39, 0.29) is 17.3 Å². The fraction of sp³-hybridized carbons (Fsp3) is 0.308. The van der Waals surface area contributed by atoms with E-state index in [9.17, 15) is 13.2 Å². The van der Waals surface area contributed by atoms with Crippen LogP contribution in [0.25, 0.3) is 0 Å². The number of sulfonamides is 1. The minimum atomic E-state index is -3.60. The van der Waals surface area contributed by atoms with E-state index in [0.29, 0.717) is 12.1 Å². The Labute approximate surface area is 113 Å². The first-order valence-electron chi connectivity index (χ1n) is 6.00. The van der Waals surface area contributed by atoms with E-state index in [2.05, 4.69) is 16.6 Å². The van der Waals surface area contributed by atoms with Crippen LogP contribution in [0.5, 0.6) is 0 Å². The molecule has 0 bridgehead atoms. The van der Waals surface area contributed by atoms with Crippen LogP contribution >= 0.6 is 0 Å². The summed E-state index contributed by atoms with van der Waals surface area (Å²) in [5, 5.41) is 2.70. The number of hydrogen-bond donors (Lipinski definition) is 2. The highest BCUT2D eigenvalue weighted by Crippen LogP contribution is 2.11. The maximum Gasteiger partial charge on any atom is 0.251 e. The summed E-state index contributed by atoms with van der Waals surface area (Å²) in [6, 6.07) is 5.93. The fourth-order valence-corrected chi connectivity index (χ4v) is 2.44. The van der Waals surface area contributed by atoms with Crippen molar-refractivity contribution in [3.8, 4) is 0 Å². The molecule has 2 N–H and O–H groups in total. The van der Waals surface area contributed by atoms with Crippen molar-refractivity contribution in [2.75, 3.05) is 13.1 Å². The number of hydrogen-bond acceptors (Lipinski definition) is 3. The van der Waals surface area contributed by atoms with E-state index in [1.54, 1.807) is 12.1 Å². The van der Waals surface area contributed by atoms with Crippen molar-refractivity contribution in [3.63, 3.8) is 0 Å². The molecule has 0 unspecified atom stereocenters. The third kappa shape index (κ3) is 4.50. The molecule has 19 heavy (non-hydrogen) atoms. The molecule has 0 aliphatic rings. The SMILES string of the molecule is C=CCNS(=O)(=O)c1cccc(C(=O)NCCC)c1. The van der Waals surface area contributed by atoms with E-state index >= 15 is 0 Å². The summed E-state index contributed by atoms with van der Waals surface area (Å²) in [6.45, 7) is 6.10. The molecule has 0 aromatic heterocycles. The average Bonchev–Trinajstić information content (AvgIpc) is 2.42. The quantitative estimate of drug-likeness (QED) is 0.740. The smallest absolute Gasteiger partial charge is 0.251 e. The number of amides is 1. The molecule has 0 saturated heterocycles. The molecule has 0 saturated carbocycles. The summed E-state index contributed by atoms with van der Waals surface area (Å²) in [5.41, 5.74) is 0.329. The lowest BCUT2D eigenvalue weighted by atomic mass is 10.2. The Morgan fingerprint density at radius 3 is 2.79 bits per heavy atom. The van der Waals surface area contributed by atoms with Gasteiger partial charge in [-0.3, -0.25) is 4.79 Å². The molecular weight excluding hydrogens is 264 g/mol. The molecule has 0 spiro atoms. The molecule has 1 aromatic rings. The standard InChI is InChI=1S/C13H18N2O3S/c1-3-8-14-13(16)11-6-5-7-12(10-11)19(17,18)15-9-4-2/h4-7,10,15H,2-3,8-9H2,1H3,(H,14,16). The van der Waals surface area contributed by atoms with E-state index in [0.717, 1.165) is 6.42 Å². The predicted octanol–water partition coefficient (Wildman–Crippen LogP) is 1.29. The third-order valence-corrected chi connectivity index (χ3v) is 3.78. The van der Waals surface area contributed by atoms with Crippen molar-refractivity contribution in [3.05, 3.63) is 42.5 Å². The van der Waals surface area contributed by atoms with Gasteiger partial charge < -0.3 is 5.32 Å². The Bertz CT molecular complexity index is 553. The Kier molecular flexibility index (Phi) is 5.72. The lowest BCUT2D eigenvalue weighted by Crippen LogP contribution is -2.26. The number of carbonyl (C=O) groups excluding carboxylic acids is 1. The lowest BCUT2D eigenvalue weighted by molar-refractivity contribution is 0.0953. The Balaban J connectivity index is 2.93. The van der Waals surface area contributed by atoms with Crippen LogP contribution in [0.4, 0.5) is 0 Å². The van der Waals surface area contributed by atoms with Gasteiger partial charge >= 0.3 is 0 Å². The zero-order valence-corrected chi connectivity index (χ0v) is 11.7. The normalized spacial score (nSPS) is 11.0. The largest absolute Gasteiger partial charge is 0.352 e. The maximum absolute atomic E-state index is 11.9. The second-order valence-corrected chi connectivity index (χ2v) is 5.69. The van der Waals surface area contributed by atoms with Crippen LogP contribution in [0.15, 0.2) is 41.8 Å². The topological polar surface area (TPSA) is 75.3 Å². The minimum Gasteiger partial charge on any atom is -0.352 e. The van der Waals surface area contributed by atoms with Gasteiger partial charge in [-0.25, -0.2) is 13.1 Å². The van der Waals surface area contributed by atoms with Gasteiger partial charge in [-0.05, 0) is 24.6 Å². The van der Waals surface area contributed by atoms with E-state index in [1.165, 1.54) is 18.2 Å². The van der Waals surface area contributed by atoms with Gasteiger partial charge in [0, 0.05) is 18.7 Å². The average molecular weight is 282 g/mol. The van der Waals surface area contributed by atoms with Crippen molar-refractivity contribution in [2.45, 2.75) is 18.2 Å². The summed E-state index contributed by atoms with van der Waals surface area (Å²) >= 11 is 0. The van der Waals surface area contributed by atoms with Crippen LogP contribution in [-0.2, 0) is 10.0 Å². The Morgan fingerprint density at radius 1 is 1.42 bits per heavy atom. The number of benzene rings is 1. The molecule has 0 heterocycles. The van der Waals surface area contributed by atoms with Crippen LogP contribution in [0.3, 0.4) is 0 Å². The van der Waals surface area contributed by atoms with Gasteiger partial charge in [-0.2, -0.15) is 0 Å². The summed E-state index contributed by atoms with van der Waals surface area (Å²) in [4.78, 5) is 11.8. The van der Waals surface area contributed by atoms with Crippen molar-refractivity contribution in [1.82, 2.24) is 10.0 Å². The summed E-state index contributed by atoms with van der Waals surface area (Å²) in [6.07, 6.45) is 2.28. The van der Waals surface area contributed by atoms with Gasteiger partial charge in [0.25, 0.3) is 5.91 Å². The molecule has 0 radical (unpaired) electrons. The maximum atomic E-state index is 11.9. The lowest BCUT2D eigenvalue weighted by Gasteiger charge is -2.07. The zero-order valence-electron chi connectivity index (χ0n) is 10.8. The highest BCUT2D eigenvalue weighted by atomic mass is 32.2. The highest BCUT2D eigenvalue weighted by molar-refractivity contribution is 7.89. The minimum absolute atomic E-state index is 0.0681. The van der Waals surface area contributed by atoms with Crippen LogP contribution in [0, 0.1) is 0 Å². The monoisotopic (exact) mass is 282 g/mol. The number of carbonyl (C=O) groups is 1. The first-order chi connectivity index (χ1) is 9.01. The van der Waals surface area contributed by atoms with Gasteiger partial charge in [-0.15, -0.1) is 6.58 Å². The van der Waals surface area contributed by atoms with Gasteiger partial charge in [0.15, 0.2) is 0 Å². The molecule has 6 heteroatoms. The van der Waals surface area contributed by atoms with Crippen molar-refractivity contribution in [1.29, 1.82) is 0 Å². The second kappa shape index (κ2) is 7.06. The van der Waals surface area contributed by atoms with Crippen molar-refractivity contribution in [2.24, 2.45) is 0 Å². The molecule has 1 aromatic carbocycles. The van der Waals surface area contributed by atoms with E-state index in [4.69, 9.17) is 0 Å².